The lowest BCUT2D eigenvalue weighted by Crippen LogP contribution is -2.47. The highest BCUT2D eigenvalue weighted by Gasteiger charge is 2.28. The number of halogens is 1. The van der Waals surface area contributed by atoms with Crippen LogP contribution in [0.1, 0.15) is 12.0 Å². The summed E-state index contributed by atoms with van der Waals surface area (Å²) < 4.78 is 13.2. The van der Waals surface area contributed by atoms with Crippen LogP contribution in [0.25, 0.3) is 0 Å². The van der Waals surface area contributed by atoms with Gasteiger partial charge in [0.15, 0.2) is 0 Å². The van der Waals surface area contributed by atoms with Gasteiger partial charge in [-0.3, -0.25) is 0 Å². The zero-order valence-electron chi connectivity index (χ0n) is 12.3. The molecule has 5 nitrogen and oxygen atoms in total. The molecule has 1 aromatic carbocycles. The van der Waals surface area contributed by atoms with Gasteiger partial charge in [-0.05, 0) is 25.1 Å². The highest BCUT2D eigenvalue weighted by molar-refractivity contribution is 5.57. The molecule has 0 radical (unpaired) electrons. The number of nitrogens with zero attached hydrogens (tertiary/aromatic N) is 4. The molecular formula is C16H16FN5. The molecule has 6 heteroatoms. The molecule has 1 N–H and O–H groups in total. The Morgan fingerprint density at radius 2 is 2.27 bits per heavy atom. The first kappa shape index (κ1) is 14.3. The van der Waals surface area contributed by atoms with Crippen LogP contribution in [0.4, 0.5) is 21.8 Å². The van der Waals surface area contributed by atoms with Crippen LogP contribution >= 0.6 is 0 Å². The Bertz CT molecular complexity index is 719. The van der Waals surface area contributed by atoms with Crippen molar-refractivity contribution in [3.8, 4) is 6.07 Å². The molecule has 112 valence electrons. The molecule has 0 atom stereocenters. The van der Waals surface area contributed by atoms with E-state index in [0.717, 1.165) is 24.5 Å². The van der Waals surface area contributed by atoms with Crippen LogP contribution in [0.15, 0.2) is 30.5 Å². The first-order valence-electron chi connectivity index (χ1n) is 7.14. The maximum atomic E-state index is 13.2. The molecule has 0 aliphatic carbocycles. The lowest BCUT2D eigenvalue weighted by Gasteiger charge is -2.39. The number of nitriles is 1. The largest absolute Gasteiger partial charge is 0.355 e. The number of rotatable bonds is 4. The average Bonchev–Trinajstić information content (AvgIpc) is 2.45. The molecule has 0 spiro atoms. The summed E-state index contributed by atoms with van der Waals surface area (Å²) in [4.78, 5) is 10.9. The number of anilines is 3. The normalized spacial score (nSPS) is 14.3. The van der Waals surface area contributed by atoms with E-state index in [4.69, 9.17) is 5.26 Å². The van der Waals surface area contributed by atoms with Gasteiger partial charge in [0.05, 0.1) is 6.07 Å². The Labute approximate surface area is 128 Å². The van der Waals surface area contributed by atoms with E-state index in [-0.39, 0.29) is 5.82 Å². The third-order valence-corrected chi connectivity index (χ3v) is 3.66. The first-order chi connectivity index (χ1) is 10.7. The van der Waals surface area contributed by atoms with E-state index in [9.17, 15) is 4.39 Å². The van der Waals surface area contributed by atoms with E-state index in [1.165, 1.54) is 12.1 Å². The van der Waals surface area contributed by atoms with Crippen molar-refractivity contribution in [1.82, 2.24) is 9.97 Å². The van der Waals surface area contributed by atoms with E-state index in [1.807, 2.05) is 6.92 Å². The second-order valence-electron chi connectivity index (χ2n) is 5.47. The molecule has 3 rings (SSSR count). The Morgan fingerprint density at radius 3 is 3.00 bits per heavy atom. The van der Waals surface area contributed by atoms with Crippen LogP contribution in [-0.2, 0) is 0 Å². The minimum atomic E-state index is -0.306. The van der Waals surface area contributed by atoms with Gasteiger partial charge in [-0.15, -0.1) is 0 Å². The molecule has 1 aliphatic rings. The van der Waals surface area contributed by atoms with Gasteiger partial charge < -0.3 is 10.2 Å². The van der Waals surface area contributed by atoms with Gasteiger partial charge >= 0.3 is 0 Å². The third-order valence-electron chi connectivity index (χ3n) is 3.66. The van der Waals surface area contributed by atoms with Crippen molar-refractivity contribution in [2.75, 3.05) is 23.3 Å². The molecule has 22 heavy (non-hydrogen) atoms. The van der Waals surface area contributed by atoms with Crippen molar-refractivity contribution in [2.45, 2.75) is 13.3 Å². The average molecular weight is 297 g/mol. The maximum absolute atomic E-state index is 13.2. The van der Waals surface area contributed by atoms with E-state index < -0.39 is 0 Å². The fourth-order valence-electron chi connectivity index (χ4n) is 2.51. The van der Waals surface area contributed by atoms with Gasteiger partial charge in [-0.25, -0.2) is 9.37 Å². The van der Waals surface area contributed by atoms with Gasteiger partial charge in [0.2, 0.25) is 5.95 Å². The summed E-state index contributed by atoms with van der Waals surface area (Å²) in [5.74, 6) is 1.41. The van der Waals surface area contributed by atoms with Crippen LogP contribution in [0.3, 0.4) is 0 Å². The SMILES string of the molecule is Cc1cnc(Nc2cccc(F)c2)nc1N1CC(CC#N)C1. The molecular weight excluding hydrogens is 281 g/mol. The summed E-state index contributed by atoms with van der Waals surface area (Å²) in [6, 6.07) is 8.38. The number of aryl methyl sites for hydroxylation is 1. The Morgan fingerprint density at radius 1 is 1.45 bits per heavy atom. The number of hydrogen-bond acceptors (Lipinski definition) is 5. The zero-order chi connectivity index (χ0) is 15.5. The maximum Gasteiger partial charge on any atom is 0.229 e. The number of aromatic nitrogens is 2. The third kappa shape index (κ3) is 2.98. The zero-order valence-corrected chi connectivity index (χ0v) is 12.3. The molecule has 1 fully saturated rings. The van der Waals surface area contributed by atoms with Crippen molar-refractivity contribution in [3.63, 3.8) is 0 Å². The lowest BCUT2D eigenvalue weighted by molar-refractivity contribution is 0.414. The van der Waals surface area contributed by atoms with Crippen LogP contribution < -0.4 is 10.2 Å². The Hall–Kier alpha value is -2.68. The molecule has 1 saturated heterocycles. The second-order valence-corrected chi connectivity index (χ2v) is 5.47. The number of benzene rings is 1. The van der Waals surface area contributed by atoms with Crippen LogP contribution in [0.2, 0.25) is 0 Å². The van der Waals surface area contributed by atoms with Gasteiger partial charge in [-0.2, -0.15) is 10.2 Å². The van der Waals surface area contributed by atoms with Crippen molar-refractivity contribution < 1.29 is 4.39 Å². The number of nitrogens with one attached hydrogen (secondary N) is 1. The minimum absolute atomic E-state index is 0.306. The molecule has 0 saturated carbocycles. The molecule has 1 aliphatic heterocycles. The smallest absolute Gasteiger partial charge is 0.229 e. The molecule has 2 aromatic rings. The standard InChI is InChI=1S/C16H16FN5/c1-11-8-19-16(20-14-4-2-3-13(17)7-14)21-15(11)22-9-12(10-22)5-6-18/h2-4,7-8,12H,5,9-10H2,1H3,(H,19,20,21). The molecule has 0 unspecified atom stereocenters. The molecule has 0 amide bonds. The summed E-state index contributed by atoms with van der Waals surface area (Å²) in [5, 5.41) is 11.7. The van der Waals surface area contributed by atoms with Crippen molar-refractivity contribution >= 4 is 17.5 Å². The second kappa shape index (κ2) is 5.98. The predicted molar refractivity (Wildman–Crippen MR) is 82.4 cm³/mol. The molecule has 2 heterocycles. The lowest BCUT2D eigenvalue weighted by atomic mass is 9.97. The van der Waals surface area contributed by atoms with Crippen molar-refractivity contribution in [2.24, 2.45) is 5.92 Å². The van der Waals surface area contributed by atoms with Crippen LogP contribution in [0.5, 0.6) is 0 Å². The summed E-state index contributed by atoms with van der Waals surface area (Å²) in [7, 11) is 0. The van der Waals surface area contributed by atoms with Gasteiger partial charge in [-0.1, -0.05) is 6.07 Å². The van der Waals surface area contributed by atoms with Crippen molar-refractivity contribution in [3.05, 3.63) is 41.8 Å². The van der Waals surface area contributed by atoms with E-state index >= 15 is 0 Å². The summed E-state index contributed by atoms with van der Waals surface area (Å²) in [5.41, 5.74) is 1.60. The van der Waals surface area contributed by atoms with E-state index in [1.54, 1.807) is 18.3 Å². The fraction of sp³-hybridized carbons (Fsp3) is 0.312. The molecule has 0 bridgehead atoms. The van der Waals surface area contributed by atoms with Gasteiger partial charge in [0, 0.05) is 42.9 Å². The number of hydrogen-bond donors (Lipinski definition) is 1. The fourth-order valence-corrected chi connectivity index (χ4v) is 2.51. The first-order valence-corrected chi connectivity index (χ1v) is 7.14. The van der Waals surface area contributed by atoms with Gasteiger partial charge in [0.25, 0.3) is 0 Å². The highest BCUT2D eigenvalue weighted by atomic mass is 19.1. The Kier molecular flexibility index (Phi) is 3.88. The summed E-state index contributed by atoms with van der Waals surface area (Å²) in [6.07, 6.45) is 2.33. The summed E-state index contributed by atoms with van der Waals surface area (Å²) in [6.45, 7) is 3.63. The predicted octanol–water partition coefficient (Wildman–Crippen LogP) is 3.02. The monoisotopic (exact) mass is 297 g/mol. The topological polar surface area (TPSA) is 64.8 Å². The quantitative estimate of drug-likeness (QED) is 0.939. The van der Waals surface area contributed by atoms with E-state index in [2.05, 4.69) is 26.3 Å². The van der Waals surface area contributed by atoms with Crippen molar-refractivity contribution in [1.29, 1.82) is 5.26 Å². The van der Waals surface area contributed by atoms with Crippen LogP contribution in [0, 0.1) is 30.0 Å². The van der Waals surface area contributed by atoms with Gasteiger partial charge in [0.1, 0.15) is 11.6 Å². The van der Waals surface area contributed by atoms with E-state index in [0.29, 0.717) is 24.0 Å². The Balaban J connectivity index is 1.75. The minimum Gasteiger partial charge on any atom is -0.355 e. The molecule has 1 aromatic heterocycles. The van der Waals surface area contributed by atoms with Crippen LogP contribution in [-0.4, -0.2) is 23.1 Å². The highest BCUT2D eigenvalue weighted by Crippen LogP contribution is 2.28. The summed E-state index contributed by atoms with van der Waals surface area (Å²) >= 11 is 0.